The Morgan fingerprint density at radius 1 is 0.700 bits per heavy atom. The van der Waals surface area contributed by atoms with Crippen molar-refractivity contribution in [2.45, 2.75) is 41.5 Å². The largest absolute Gasteiger partial charge is 0.400 e. The highest BCUT2D eigenvalue weighted by molar-refractivity contribution is 5.48. The van der Waals surface area contributed by atoms with Crippen LogP contribution in [0, 0.1) is 0 Å². The monoisotopic (exact) mass is 278 g/mol. The summed E-state index contributed by atoms with van der Waals surface area (Å²) in [5.41, 5.74) is 2.28. The van der Waals surface area contributed by atoms with Crippen molar-refractivity contribution in [2.75, 3.05) is 7.11 Å². The summed E-state index contributed by atoms with van der Waals surface area (Å²) in [4.78, 5) is 0. The van der Waals surface area contributed by atoms with Gasteiger partial charge in [-0.25, -0.2) is 0 Å². The summed E-state index contributed by atoms with van der Waals surface area (Å²) in [6.45, 7) is 19.4. The van der Waals surface area contributed by atoms with Crippen molar-refractivity contribution < 1.29 is 5.11 Å². The molecule has 0 unspecified atom stereocenters. The molecular formula is C19H34O. The van der Waals surface area contributed by atoms with E-state index in [1.807, 2.05) is 65.8 Å². The maximum Gasteiger partial charge on any atom is 0.0319 e. The van der Waals surface area contributed by atoms with Gasteiger partial charge in [0.15, 0.2) is 0 Å². The Bertz CT molecular complexity index is 270. The quantitative estimate of drug-likeness (QED) is 0.609. The van der Waals surface area contributed by atoms with E-state index < -0.39 is 0 Å². The predicted molar refractivity (Wildman–Crippen MR) is 97.0 cm³/mol. The van der Waals surface area contributed by atoms with Crippen molar-refractivity contribution in [1.29, 1.82) is 0 Å². The first-order chi connectivity index (χ1) is 9.79. The smallest absolute Gasteiger partial charge is 0.0319 e. The number of hydrogen-bond donors (Lipinski definition) is 1. The van der Waals surface area contributed by atoms with Crippen LogP contribution in [0.2, 0.25) is 0 Å². The molecule has 0 aromatic rings. The summed E-state index contributed by atoms with van der Waals surface area (Å²) in [6, 6.07) is 0. The minimum Gasteiger partial charge on any atom is -0.400 e. The lowest BCUT2D eigenvalue weighted by Gasteiger charge is -2.01. The van der Waals surface area contributed by atoms with Gasteiger partial charge in [0.1, 0.15) is 0 Å². The molecule has 1 N–H and O–H groups in total. The lowest BCUT2D eigenvalue weighted by atomic mass is 10.0. The number of allylic oxidation sites excluding steroid dienone is 10. The van der Waals surface area contributed by atoms with E-state index in [4.69, 9.17) is 5.11 Å². The van der Waals surface area contributed by atoms with Gasteiger partial charge in [0.25, 0.3) is 0 Å². The van der Waals surface area contributed by atoms with Crippen molar-refractivity contribution in [3.8, 4) is 0 Å². The lowest BCUT2D eigenvalue weighted by Crippen LogP contribution is -1.82. The molecule has 0 amide bonds. The third-order valence-corrected chi connectivity index (χ3v) is 1.62. The summed E-state index contributed by atoms with van der Waals surface area (Å²) in [5, 5.41) is 7.00. The zero-order valence-corrected chi connectivity index (χ0v) is 14.5. The standard InChI is InChI=1S/C14H18.2C2H6.CH4O/c1-5-9-13(10-6-2)14(11-7-3)12-8-4;3*1-2/h5-12H,1,3H2,2,4H3;2*1-2H3;2H,1H3/b10-6-,12-8-,13-9+,14-11+;;;. The fraction of sp³-hybridized carbons (Fsp3) is 0.368. The second-order valence-electron chi connectivity index (χ2n) is 2.72. The fourth-order valence-electron chi connectivity index (χ4n) is 1.11. The van der Waals surface area contributed by atoms with E-state index in [9.17, 15) is 0 Å². The molecular weight excluding hydrogens is 244 g/mol. The van der Waals surface area contributed by atoms with Gasteiger partial charge in [0.2, 0.25) is 0 Å². The van der Waals surface area contributed by atoms with Crippen LogP contribution in [0.5, 0.6) is 0 Å². The van der Waals surface area contributed by atoms with Crippen LogP contribution in [-0.2, 0) is 0 Å². The zero-order chi connectivity index (χ0) is 16.8. The molecule has 116 valence electrons. The van der Waals surface area contributed by atoms with Crippen LogP contribution in [0.1, 0.15) is 41.5 Å². The molecule has 1 nitrogen and oxygen atoms in total. The highest BCUT2D eigenvalue weighted by Crippen LogP contribution is 2.13. The highest BCUT2D eigenvalue weighted by Gasteiger charge is 1.94. The molecule has 0 saturated carbocycles. The molecule has 0 aromatic heterocycles. The van der Waals surface area contributed by atoms with E-state index in [0.717, 1.165) is 18.3 Å². The second-order valence-corrected chi connectivity index (χ2v) is 2.72. The molecule has 0 saturated heterocycles. The number of aliphatic hydroxyl groups excluding tert-OH is 1. The summed E-state index contributed by atoms with van der Waals surface area (Å²) < 4.78 is 0. The first-order valence-electron chi connectivity index (χ1n) is 7.16. The van der Waals surface area contributed by atoms with Crippen LogP contribution in [0.25, 0.3) is 0 Å². The fourth-order valence-corrected chi connectivity index (χ4v) is 1.11. The maximum absolute atomic E-state index is 7.00. The molecule has 0 aliphatic rings. The average Bonchev–Trinajstić information content (AvgIpc) is 2.53. The zero-order valence-electron chi connectivity index (χ0n) is 14.5. The first-order valence-corrected chi connectivity index (χ1v) is 7.16. The lowest BCUT2D eigenvalue weighted by molar-refractivity contribution is 0.399. The number of hydrogen-bond acceptors (Lipinski definition) is 1. The Morgan fingerprint density at radius 3 is 1.10 bits per heavy atom. The molecule has 0 heterocycles. The Morgan fingerprint density at radius 2 is 0.950 bits per heavy atom. The Kier molecular flexibility index (Phi) is 40.9. The molecule has 0 rings (SSSR count). The Hall–Kier alpha value is -1.60. The average molecular weight is 278 g/mol. The van der Waals surface area contributed by atoms with Crippen molar-refractivity contribution in [1.82, 2.24) is 0 Å². The van der Waals surface area contributed by atoms with E-state index in [1.165, 1.54) is 0 Å². The van der Waals surface area contributed by atoms with Crippen molar-refractivity contribution in [2.24, 2.45) is 0 Å². The molecule has 1 heteroatoms. The summed E-state index contributed by atoms with van der Waals surface area (Å²) in [7, 11) is 1.00. The molecule has 0 bridgehead atoms. The minimum atomic E-state index is 1.00. The van der Waals surface area contributed by atoms with Crippen molar-refractivity contribution in [3.63, 3.8) is 0 Å². The van der Waals surface area contributed by atoms with E-state index in [-0.39, 0.29) is 0 Å². The Balaban J connectivity index is -0.000000187. The van der Waals surface area contributed by atoms with Gasteiger partial charge in [-0.3, -0.25) is 0 Å². The van der Waals surface area contributed by atoms with Gasteiger partial charge in [0, 0.05) is 7.11 Å². The van der Waals surface area contributed by atoms with Gasteiger partial charge < -0.3 is 5.11 Å². The molecule has 0 aliphatic carbocycles. The van der Waals surface area contributed by atoms with Crippen LogP contribution in [0.15, 0.2) is 72.9 Å². The number of rotatable bonds is 5. The first kappa shape index (κ1) is 26.9. The third kappa shape index (κ3) is 18.8. The topological polar surface area (TPSA) is 20.2 Å². The van der Waals surface area contributed by atoms with Gasteiger partial charge >= 0.3 is 0 Å². The molecule has 0 aromatic carbocycles. The van der Waals surface area contributed by atoms with Gasteiger partial charge in [-0.05, 0) is 25.0 Å². The molecule has 0 radical (unpaired) electrons. The number of aliphatic hydroxyl groups is 1. The SMILES string of the molecule is C=C/C=C(\C=C/C)C(/C=C\C)=C/C=C.CC.CC.CO. The van der Waals surface area contributed by atoms with Crippen LogP contribution in [0.4, 0.5) is 0 Å². The summed E-state index contributed by atoms with van der Waals surface area (Å²) in [5.74, 6) is 0. The van der Waals surface area contributed by atoms with E-state index in [2.05, 4.69) is 25.3 Å². The molecule has 20 heavy (non-hydrogen) atoms. The predicted octanol–water partition coefficient (Wildman–Crippen LogP) is 6.02. The van der Waals surface area contributed by atoms with Crippen LogP contribution < -0.4 is 0 Å². The Labute approximate surface area is 127 Å². The molecule has 0 fully saturated rings. The summed E-state index contributed by atoms with van der Waals surface area (Å²) >= 11 is 0. The van der Waals surface area contributed by atoms with Gasteiger partial charge in [-0.2, -0.15) is 0 Å². The van der Waals surface area contributed by atoms with Gasteiger partial charge in [-0.1, -0.05) is 89.5 Å². The third-order valence-electron chi connectivity index (χ3n) is 1.62. The highest BCUT2D eigenvalue weighted by atomic mass is 16.2. The normalized spacial score (nSPS) is 10.6. The van der Waals surface area contributed by atoms with Crippen LogP contribution in [0.3, 0.4) is 0 Å². The second kappa shape index (κ2) is 30.4. The van der Waals surface area contributed by atoms with E-state index in [0.29, 0.717) is 0 Å². The van der Waals surface area contributed by atoms with Crippen LogP contribution in [-0.4, -0.2) is 12.2 Å². The minimum absolute atomic E-state index is 1.00. The van der Waals surface area contributed by atoms with Gasteiger partial charge in [-0.15, -0.1) is 0 Å². The maximum atomic E-state index is 7.00. The van der Waals surface area contributed by atoms with Gasteiger partial charge in [0.05, 0.1) is 0 Å². The molecule has 0 atom stereocenters. The van der Waals surface area contributed by atoms with Crippen molar-refractivity contribution >= 4 is 0 Å². The molecule has 0 aliphatic heterocycles. The van der Waals surface area contributed by atoms with E-state index >= 15 is 0 Å². The molecule has 0 spiro atoms. The van der Waals surface area contributed by atoms with E-state index in [1.54, 1.807) is 12.2 Å². The van der Waals surface area contributed by atoms with Crippen molar-refractivity contribution in [3.05, 3.63) is 72.9 Å². The van der Waals surface area contributed by atoms with Crippen LogP contribution >= 0.6 is 0 Å². The summed E-state index contributed by atoms with van der Waals surface area (Å²) in [6.07, 6.45) is 15.7.